The molecule has 0 saturated carbocycles. The fourth-order valence-electron chi connectivity index (χ4n) is 2.50. The summed E-state index contributed by atoms with van der Waals surface area (Å²) in [5, 5.41) is 8.89. The Hall–Kier alpha value is -0.710. The fourth-order valence-corrected chi connectivity index (χ4v) is 3.73. The molecule has 1 amide bonds. The van der Waals surface area contributed by atoms with Gasteiger partial charge in [-0.1, -0.05) is 0 Å². The number of nitrogens with zero attached hydrogens (tertiary/aromatic N) is 1. The molecule has 0 bridgehead atoms. The molecule has 16 heavy (non-hydrogen) atoms. The van der Waals surface area contributed by atoms with Gasteiger partial charge in [-0.25, -0.2) is 0 Å². The fraction of sp³-hybridized carbons (Fsp3) is 0.818. The number of carbonyl (C=O) groups excluding carboxylic acids is 1. The number of carbonyl (C=O) groups is 2. The van der Waals surface area contributed by atoms with Crippen LogP contribution >= 0.6 is 11.8 Å². The molecule has 2 atom stereocenters. The summed E-state index contributed by atoms with van der Waals surface area (Å²) >= 11 is 1.72. The van der Waals surface area contributed by atoms with E-state index in [9.17, 15) is 9.59 Å². The van der Waals surface area contributed by atoms with Crippen molar-refractivity contribution in [3.8, 4) is 0 Å². The lowest BCUT2D eigenvalue weighted by atomic mass is 10.1. The summed E-state index contributed by atoms with van der Waals surface area (Å²) < 4.78 is 0. The van der Waals surface area contributed by atoms with E-state index in [4.69, 9.17) is 5.11 Å². The second-order valence-electron chi connectivity index (χ2n) is 4.43. The van der Waals surface area contributed by atoms with Crippen LogP contribution in [0.2, 0.25) is 0 Å². The van der Waals surface area contributed by atoms with Crippen LogP contribution in [-0.2, 0) is 9.59 Å². The number of carboxylic acids is 1. The van der Waals surface area contributed by atoms with E-state index in [0.29, 0.717) is 0 Å². The molecule has 4 nitrogen and oxygen atoms in total. The molecule has 0 aromatic heterocycles. The second-order valence-corrected chi connectivity index (χ2v) is 5.74. The maximum atomic E-state index is 12.2. The topological polar surface area (TPSA) is 57.6 Å². The van der Waals surface area contributed by atoms with Crippen LogP contribution in [0.1, 0.15) is 32.1 Å². The van der Waals surface area contributed by atoms with Gasteiger partial charge in [0.2, 0.25) is 5.91 Å². The third-order valence-corrected chi connectivity index (χ3v) is 4.64. The Balaban J connectivity index is 1.95. The van der Waals surface area contributed by atoms with Crippen molar-refractivity contribution < 1.29 is 14.7 Å². The lowest BCUT2D eigenvalue weighted by molar-refractivity contribution is -0.139. The maximum absolute atomic E-state index is 12.2. The number of carboxylic acid groups (broad SMARTS) is 1. The number of amides is 1. The number of aliphatic carboxylic acids is 1. The van der Waals surface area contributed by atoms with Crippen molar-refractivity contribution in [2.45, 2.75) is 43.4 Å². The number of hydrogen-bond acceptors (Lipinski definition) is 3. The molecule has 2 heterocycles. The van der Waals surface area contributed by atoms with Gasteiger partial charge < -0.3 is 10.0 Å². The first-order chi connectivity index (χ1) is 7.68. The molecule has 1 N–H and O–H groups in total. The largest absolute Gasteiger partial charge is 0.481 e. The van der Waals surface area contributed by atoms with Gasteiger partial charge in [-0.15, -0.1) is 11.8 Å². The zero-order valence-electron chi connectivity index (χ0n) is 9.22. The Labute approximate surface area is 99.4 Å². The number of likely N-dealkylation sites (tertiary alicyclic amines) is 1. The highest BCUT2D eigenvalue weighted by atomic mass is 32.2. The molecule has 5 heteroatoms. The minimum absolute atomic E-state index is 0.0637. The normalized spacial score (nSPS) is 29.6. The Bertz CT molecular complexity index is 289. The van der Waals surface area contributed by atoms with E-state index < -0.39 is 5.97 Å². The molecule has 90 valence electrons. The van der Waals surface area contributed by atoms with Crippen LogP contribution < -0.4 is 0 Å². The molecule has 2 aliphatic heterocycles. The van der Waals surface area contributed by atoms with E-state index in [1.54, 1.807) is 16.7 Å². The first-order valence-electron chi connectivity index (χ1n) is 5.82. The summed E-state index contributed by atoms with van der Waals surface area (Å²) in [5.74, 6) is 0.434. The Morgan fingerprint density at radius 1 is 1.31 bits per heavy atom. The standard InChI is InChI=1S/C11H17NO3S/c13-10(14)7-8-3-1-5-12(8)11(15)9-4-2-6-16-9/h8-9H,1-7H2,(H,13,14). The minimum atomic E-state index is -0.802. The third kappa shape index (κ3) is 2.51. The predicted octanol–water partition coefficient (Wildman–Crippen LogP) is 1.35. The van der Waals surface area contributed by atoms with Crippen LogP contribution in [0.4, 0.5) is 0 Å². The highest BCUT2D eigenvalue weighted by Gasteiger charge is 2.35. The first-order valence-corrected chi connectivity index (χ1v) is 6.87. The molecule has 2 fully saturated rings. The van der Waals surface area contributed by atoms with Crippen LogP contribution in [0.5, 0.6) is 0 Å². The van der Waals surface area contributed by atoms with Crippen LogP contribution in [0.25, 0.3) is 0 Å². The molecule has 2 rings (SSSR count). The predicted molar refractivity (Wildman–Crippen MR) is 62.5 cm³/mol. The van der Waals surface area contributed by atoms with Crippen molar-refractivity contribution in [2.24, 2.45) is 0 Å². The summed E-state index contributed by atoms with van der Waals surface area (Å²) in [6.07, 6.45) is 3.96. The van der Waals surface area contributed by atoms with Crippen molar-refractivity contribution in [1.82, 2.24) is 4.90 Å². The quantitative estimate of drug-likeness (QED) is 0.813. The van der Waals surface area contributed by atoms with Crippen LogP contribution in [0.3, 0.4) is 0 Å². The average molecular weight is 243 g/mol. The summed E-state index contributed by atoms with van der Waals surface area (Å²) in [6, 6.07) is -0.0637. The highest BCUT2D eigenvalue weighted by Crippen LogP contribution is 2.31. The Morgan fingerprint density at radius 2 is 2.12 bits per heavy atom. The summed E-state index contributed by atoms with van der Waals surface area (Å²) in [6.45, 7) is 0.744. The van der Waals surface area contributed by atoms with Crippen molar-refractivity contribution in [3.05, 3.63) is 0 Å². The van der Waals surface area contributed by atoms with E-state index in [-0.39, 0.29) is 23.6 Å². The molecule has 0 spiro atoms. The third-order valence-electron chi connectivity index (χ3n) is 3.28. The van der Waals surface area contributed by atoms with Gasteiger partial charge in [0.15, 0.2) is 0 Å². The average Bonchev–Trinajstić information content (AvgIpc) is 2.84. The first kappa shape index (κ1) is 11.8. The van der Waals surface area contributed by atoms with Gasteiger partial charge in [0.25, 0.3) is 0 Å². The van der Waals surface area contributed by atoms with Gasteiger partial charge in [-0.3, -0.25) is 9.59 Å². The molecule has 0 radical (unpaired) electrons. The van der Waals surface area contributed by atoms with Crippen molar-refractivity contribution in [3.63, 3.8) is 0 Å². The van der Waals surface area contributed by atoms with Crippen molar-refractivity contribution in [1.29, 1.82) is 0 Å². The maximum Gasteiger partial charge on any atom is 0.305 e. The van der Waals surface area contributed by atoms with E-state index >= 15 is 0 Å². The van der Waals surface area contributed by atoms with Gasteiger partial charge >= 0.3 is 5.97 Å². The molecular formula is C11H17NO3S. The second kappa shape index (κ2) is 5.08. The van der Waals surface area contributed by atoms with Crippen LogP contribution in [0.15, 0.2) is 0 Å². The van der Waals surface area contributed by atoms with Crippen LogP contribution in [-0.4, -0.2) is 45.5 Å². The van der Waals surface area contributed by atoms with E-state index in [1.807, 2.05) is 0 Å². The number of hydrogen-bond donors (Lipinski definition) is 1. The smallest absolute Gasteiger partial charge is 0.305 e. The molecule has 2 saturated heterocycles. The van der Waals surface area contributed by atoms with Crippen molar-refractivity contribution >= 4 is 23.6 Å². The van der Waals surface area contributed by atoms with E-state index in [0.717, 1.165) is 38.0 Å². The molecule has 2 aliphatic rings. The number of rotatable bonds is 3. The Morgan fingerprint density at radius 3 is 2.75 bits per heavy atom. The monoisotopic (exact) mass is 243 g/mol. The van der Waals surface area contributed by atoms with Gasteiger partial charge in [0, 0.05) is 12.6 Å². The zero-order valence-corrected chi connectivity index (χ0v) is 10.0. The summed E-state index contributed by atoms with van der Waals surface area (Å²) in [4.78, 5) is 24.7. The van der Waals surface area contributed by atoms with Crippen LogP contribution in [0, 0.1) is 0 Å². The SMILES string of the molecule is O=C(O)CC1CCCN1C(=O)C1CCCS1. The summed E-state index contributed by atoms with van der Waals surface area (Å²) in [7, 11) is 0. The molecule has 0 aliphatic carbocycles. The highest BCUT2D eigenvalue weighted by molar-refractivity contribution is 8.00. The van der Waals surface area contributed by atoms with Gasteiger partial charge in [-0.2, -0.15) is 0 Å². The molecular weight excluding hydrogens is 226 g/mol. The van der Waals surface area contributed by atoms with E-state index in [2.05, 4.69) is 0 Å². The van der Waals surface area contributed by atoms with Gasteiger partial charge in [0.05, 0.1) is 11.7 Å². The lowest BCUT2D eigenvalue weighted by Crippen LogP contribution is -2.41. The zero-order chi connectivity index (χ0) is 11.5. The minimum Gasteiger partial charge on any atom is -0.481 e. The van der Waals surface area contributed by atoms with Gasteiger partial charge in [-0.05, 0) is 31.4 Å². The molecule has 2 unspecified atom stereocenters. The molecule has 0 aromatic rings. The van der Waals surface area contributed by atoms with Crippen molar-refractivity contribution in [2.75, 3.05) is 12.3 Å². The Kier molecular flexibility index (Phi) is 3.74. The number of thioether (sulfide) groups is 1. The lowest BCUT2D eigenvalue weighted by Gasteiger charge is -2.26. The molecule has 0 aromatic carbocycles. The van der Waals surface area contributed by atoms with Gasteiger partial charge in [0.1, 0.15) is 0 Å². The van der Waals surface area contributed by atoms with E-state index in [1.165, 1.54) is 0 Å². The summed E-state index contributed by atoms with van der Waals surface area (Å²) in [5.41, 5.74) is 0.